The second kappa shape index (κ2) is 9.50. The number of hydrogen-bond donors (Lipinski definition) is 2. The van der Waals surface area contributed by atoms with Crippen LogP contribution in [0.25, 0.3) is 0 Å². The third-order valence-electron chi connectivity index (χ3n) is 4.11. The van der Waals surface area contributed by atoms with Crippen LogP contribution in [0.2, 0.25) is 0 Å². The topological polar surface area (TPSA) is 58.2 Å². The molecule has 2 N–H and O–H groups in total. The molecule has 0 amide bonds. The first kappa shape index (κ1) is 19.4. The fraction of sp³-hybridized carbons (Fsp3) is 0.625. The van der Waals surface area contributed by atoms with E-state index in [-0.39, 0.29) is 12.4 Å². The van der Waals surface area contributed by atoms with Crippen LogP contribution >= 0.6 is 12.4 Å². The highest BCUT2D eigenvalue weighted by Crippen LogP contribution is 2.32. The van der Waals surface area contributed by atoms with Crippen molar-refractivity contribution in [2.75, 3.05) is 19.6 Å². The van der Waals surface area contributed by atoms with Gasteiger partial charge < -0.3 is 5.32 Å². The molecule has 0 radical (unpaired) electrons. The van der Waals surface area contributed by atoms with E-state index >= 15 is 0 Å². The zero-order chi connectivity index (χ0) is 15.1. The number of rotatable bonds is 7. The molecule has 1 saturated carbocycles. The zero-order valence-electron chi connectivity index (χ0n) is 13.2. The molecule has 6 heteroatoms. The number of nitrogens with one attached hydrogen (secondary N) is 2. The van der Waals surface area contributed by atoms with Gasteiger partial charge in [-0.25, -0.2) is 13.1 Å². The average Bonchev–Trinajstić information content (AvgIpc) is 2.53. The molecule has 1 aromatic carbocycles. The molecule has 1 fully saturated rings. The van der Waals surface area contributed by atoms with Gasteiger partial charge in [0.05, 0.1) is 4.90 Å². The van der Waals surface area contributed by atoms with Crippen LogP contribution in [0.15, 0.2) is 29.2 Å². The summed E-state index contributed by atoms with van der Waals surface area (Å²) in [5, 5.41) is 3.10. The molecule has 0 saturated heterocycles. The standard InChI is InChI=1S/C16H26N2O2S.ClH/c1-2-17-12-13-18-21(19,20)16-10-8-15(9-11-16)14-6-4-3-5-7-14;/h8-11,14,17-18H,2-7,12-13H2,1H3;1H. The number of likely N-dealkylation sites (N-methyl/N-ethyl adjacent to an activating group) is 1. The molecule has 1 aliphatic rings. The van der Waals surface area contributed by atoms with Crippen molar-refractivity contribution >= 4 is 22.4 Å². The molecule has 1 aromatic rings. The Bertz CT molecular complexity index is 526. The van der Waals surface area contributed by atoms with E-state index < -0.39 is 10.0 Å². The van der Waals surface area contributed by atoms with Gasteiger partial charge in [0.15, 0.2) is 0 Å². The fourth-order valence-corrected chi connectivity index (χ4v) is 3.92. The minimum atomic E-state index is -3.38. The number of sulfonamides is 1. The Morgan fingerprint density at radius 1 is 1.05 bits per heavy atom. The maximum absolute atomic E-state index is 12.1. The Hall–Kier alpha value is -0.620. The van der Waals surface area contributed by atoms with Crippen molar-refractivity contribution in [3.8, 4) is 0 Å². The van der Waals surface area contributed by atoms with Crippen molar-refractivity contribution < 1.29 is 8.42 Å². The van der Waals surface area contributed by atoms with Crippen LogP contribution in [0, 0.1) is 0 Å². The summed E-state index contributed by atoms with van der Waals surface area (Å²) in [6.07, 6.45) is 6.37. The number of benzene rings is 1. The Morgan fingerprint density at radius 3 is 2.27 bits per heavy atom. The van der Waals surface area contributed by atoms with E-state index in [1.807, 2.05) is 19.1 Å². The van der Waals surface area contributed by atoms with Crippen LogP contribution in [-0.2, 0) is 10.0 Å². The van der Waals surface area contributed by atoms with Crippen LogP contribution < -0.4 is 10.0 Å². The molecule has 0 heterocycles. The molecular weight excluding hydrogens is 320 g/mol. The number of hydrogen-bond acceptors (Lipinski definition) is 3. The Morgan fingerprint density at radius 2 is 1.68 bits per heavy atom. The highest BCUT2D eigenvalue weighted by atomic mass is 35.5. The first-order chi connectivity index (χ1) is 10.1. The predicted octanol–water partition coefficient (Wildman–Crippen LogP) is 3.04. The third-order valence-corrected chi connectivity index (χ3v) is 5.59. The number of halogens is 1. The summed E-state index contributed by atoms with van der Waals surface area (Å²) in [6, 6.07) is 7.43. The van der Waals surface area contributed by atoms with Crippen molar-refractivity contribution in [2.24, 2.45) is 0 Å². The maximum atomic E-state index is 12.1. The molecule has 126 valence electrons. The quantitative estimate of drug-likeness (QED) is 0.746. The molecule has 0 aliphatic heterocycles. The Kier molecular flexibility index (Phi) is 8.39. The van der Waals surface area contributed by atoms with Crippen LogP contribution in [-0.4, -0.2) is 28.1 Å². The SMILES string of the molecule is CCNCCNS(=O)(=O)c1ccc(C2CCCCC2)cc1.Cl. The molecule has 4 nitrogen and oxygen atoms in total. The molecule has 0 aromatic heterocycles. The monoisotopic (exact) mass is 346 g/mol. The normalized spacial score (nSPS) is 16.2. The van der Waals surface area contributed by atoms with E-state index in [2.05, 4.69) is 10.0 Å². The second-order valence-corrected chi connectivity index (χ2v) is 7.42. The molecule has 0 atom stereocenters. The van der Waals surface area contributed by atoms with Crippen LogP contribution in [0.1, 0.15) is 50.5 Å². The van der Waals surface area contributed by atoms with Gasteiger partial charge in [0.2, 0.25) is 10.0 Å². The molecule has 0 bridgehead atoms. The lowest BCUT2D eigenvalue weighted by Crippen LogP contribution is -2.31. The van der Waals surface area contributed by atoms with Gasteiger partial charge in [-0.15, -0.1) is 12.4 Å². The second-order valence-electron chi connectivity index (χ2n) is 5.66. The minimum absolute atomic E-state index is 0. The van der Waals surface area contributed by atoms with Crippen molar-refractivity contribution in [3.05, 3.63) is 29.8 Å². The fourth-order valence-electron chi connectivity index (χ4n) is 2.89. The van der Waals surface area contributed by atoms with Crippen LogP contribution in [0.5, 0.6) is 0 Å². The van der Waals surface area contributed by atoms with E-state index in [0.717, 1.165) is 6.54 Å². The zero-order valence-corrected chi connectivity index (χ0v) is 14.8. The molecule has 0 spiro atoms. The van der Waals surface area contributed by atoms with Gasteiger partial charge in [0.1, 0.15) is 0 Å². The van der Waals surface area contributed by atoms with Gasteiger partial charge in [-0.1, -0.05) is 38.3 Å². The first-order valence-corrected chi connectivity index (χ1v) is 9.42. The molecule has 0 unspecified atom stereocenters. The summed E-state index contributed by atoms with van der Waals surface area (Å²) >= 11 is 0. The smallest absolute Gasteiger partial charge is 0.240 e. The summed E-state index contributed by atoms with van der Waals surface area (Å²) in [5.74, 6) is 0.609. The van der Waals surface area contributed by atoms with Crippen molar-refractivity contribution in [1.29, 1.82) is 0 Å². The van der Waals surface area contributed by atoms with Gasteiger partial charge in [-0.3, -0.25) is 0 Å². The van der Waals surface area contributed by atoms with E-state index in [9.17, 15) is 8.42 Å². The summed E-state index contributed by atoms with van der Waals surface area (Å²) < 4.78 is 26.9. The van der Waals surface area contributed by atoms with Gasteiger partial charge in [0, 0.05) is 13.1 Å². The van der Waals surface area contributed by atoms with Crippen LogP contribution in [0.3, 0.4) is 0 Å². The molecular formula is C16H27ClN2O2S. The lowest BCUT2D eigenvalue weighted by molar-refractivity contribution is 0.443. The molecule has 2 rings (SSSR count). The lowest BCUT2D eigenvalue weighted by atomic mass is 9.84. The summed E-state index contributed by atoms with van der Waals surface area (Å²) in [7, 11) is -3.38. The van der Waals surface area contributed by atoms with Crippen molar-refractivity contribution in [2.45, 2.75) is 49.8 Å². The highest BCUT2D eigenvalue weighted by molar-refractivity contribution is 7.89. The first-order valence-electron chi connectivity index (χ1n) is 7.94. The lowest BCUT2D eigenvalue weighted by Gasteiger charge is -2.22. The summed E-state index contributed by atoms with van der Waals surface area (Å²) in [6.45, 7) is 3.91. The molecule has 1 aliphatic carbocycles. The third kappa shape index (κ3) is 5.54. The summed E-state index contributed by atoms with van der Waals surface area (Å²) in [4.78, 5) is 0.360. The van der Waals surface area contributed by atoms with Crippen LogP contribution in [0.4, 0.5) is 0 Å². The average molecular weight is 347 g/mol. The van der Waals surface area contributed by atoms with Crippen molar-refractivity contribution in [3.63, 3.8) is 0 Å². The Balaban J connectivity index is 0.00000242. The van der Waals surface area contributed by atoms with Gasteiger partial charge in [-0.2, -0.15) is 0 Å². The maximum Gasteiger partial charge on any atom is 0.240 e. The minimum Gasteiger partial charge on any atom is -0.316 e. The van der Waals surface area contributed by atoms with E-state index in [0.29, 0.717) is 23.9 Å². The van der Waals surface area contributed by atoms with E-state index in [1.54, 1.807) is 12.1 Å². The Labute approximate surface area is 140 Å². The summed E-state index contributed by atoms with van der Waals surface area (Å²) in [5.41, 5.74) is 1.28. The largest absolute Gasteiger partial charge is 0.316 e. The van der Waals surface area contributed by atoms with E-state index in [4.69, 9.17) is 0 Å². The van der Waals surface area contributed by atoms with Gasteiger partial charge in [-0.05, 0) is 43.0 Å². The van der Waals surface area contributed by atoms with Gasteiger partial charge in [0.25, 0.3) is 0 Å². The van der Waals surface area contributed by atoms with Crippen molar-refractivity contribution in [1.82, 2.24) is 10.0 Å². The van der Waals surface area contributed by atoms with Gasteiger partial charge >= 0.3 is 0 Å². The highest BCUT2D eigenvalue weighted by Gasteiger charge is 2.17. The predicted molar refractivity (Wildman–Crippen MR) is 93.2 cm³/mol. The van der Waals surface area contributed by atoms with E-state index in [1.165, 1.54) is 37.7 Å². The molecule has 22 heavy (non-hydrogen) atoms.